The van der Waals surface area contributed by atoms with E-state index in [9.17, 15) is 0 Å². The molecule has 1 nitrogen and oxygen atoms in total. The zero-order chi connectivity index (χ0) is 16.1. The van der Waals surface area contributed by atoms with Crippen molar-refractivity contribution in [1.82, 2.24) is 4.90 Å². The number of likely N-dealkylation sites (tertiary alicyclic amines) is 1. The van der Waals surface area contributed by atoms with Crippen molar-refractivity contribution in [3.05, 3.63) is 59.1 Å². The van der Waals surface area contributed by atoms with Gasteiger partial charge in [0.2, 0.25) is 0 Å². The summed E-state index contributed by atoms with van der Waals surface area (Å²) in [5.41, 5.74) is 3.74. The van der Waals surface area contributed by atoms with E-state index in [1.54, 1.807) is 0 Å². The van der Waals surface area contributed by atoms with Crippen LogP contribution in [-0.4, -0.2) is 24.5 Å². The maximum Gasteiger partial charge on any atom is 0.0484 e. The minimum Gasteiger partial charge on any atom is -0.303 e. The van der Waals surface area contributed by atoms with Crippen LogP contribution in [0.25, 0.3) is 11.1 Å². The van der Waals surface area contributed by atoms with Gasteiger partial charge in [-0.2, -0.15) is 0 Å². The fourth-order valence-corrected chi connectivity index (χ4v) is 3.66. The Morgan fingerprint density at radius 3 is 2.35 bits per heavy atom. The Hall–Kier alpha value is -1.31. The molecular weight excluding hydrogens is 302 g/mol. The van der Waals surface area contributed by atoms with Gasteiger partial charge in [0.15, 0.2) is 0 Å². The van der Waals surface area contributed by atoms with Crippen molar-refractivity contribution in [2.24, 2.45) is 0 Å². The molecule has 0 aromatic heterocycles. The minimum atomic E-state index is 0.609. The maximum absolute atomic E-state index is 6.29. The lowest BCUT2D eigenvalue weighted by Crippen LogP contribution is -2.31. The molecule has 2 heteroatoms. The number of benzene rings is 2. The molecule has 0 spiro atoms. The van der Waals surface area contributed by atoms with Crippen LogP contribution in [0.15, 0.2) is 48.5 Å². The zero-order valence-electron chi connectivity index (χ0n) is 14.0. The lowest BCUT2D eigenvalue weighted by atomic mass is 9.95. The van der Waals surface area contributed by atoms with E-state index in [2.05, 4.69) is 42.2 Å². The average molecular weight is 328 g/mol. The average Bonchev–Trinajstić information content (AvgIpc) is 2.61. The van der Waals surface area contributed by atoms with Crippen molar-refractivity contribution in [3.63, 3.8) is 0 Å². The first-order chi connectivity index (χ1) is 11.2. The highest BCUT2D eigenvalue weighted by Gasteiger charge is 2.12. The number of hydrogen-bond donors (Lipinski definition) is 0. The van der Waals surface area contributed by atoms with E-state index in [0.29, 0.717) is 5.92 Å². The largest absolute Gasteiger partial charge is 0.303 e. The van der Waals surface area contributed by atoms with Gasteiger partial charge >= 0.3 is 0 Å². The summed E-state index contributed by atoms with van der Waals surface area (Å²) >= 11 is 6.29. The second-order valence-electron chi connectivity index (χ2n) is 6.69. The Bertz CT molecular complexity index is 614. The third kappa shape index (κ3) is 4.37. The molecule has 0 saturated carbocycles. The molecule has 1 saturated heterocycles. The molecule has 1 unspecified atom stereocenters. The molecule has 1 heterocycles. The third-order valence-electron chi connectivity index (χ3n) is 4.99. The molecule has 1 aliphatic heterocycles. The van der Waals surface area contributed by atoms with Gasteiger partial charge in [-0.15, -0.1) is 0 Å². The number of rotatable bonds is 5. The van der Waals surface area contributed by atoms with Crippen molar-refractivity contribution < 1.29 is 0 Å². The lowest BCUT2D eigenvalue weighted by molar-refractivity contribution is 0.222. The summed E-state index contributed by atoms with van der Waals surface area (Å²) in [5.74, 6) is 0.609. The molecule has 0 N–H and O–H groups in total. The van der Waals surface area contributed by atoms with Gasteiger partial charge in [0.05, 0.1) is 0 Å². The van der Waals surface area contributed by atoms with E-state index >= 15 is 0 Å². The quantitative estimate of drug-likeness (QED) is 0.652. The summed E-state index contributed by atoms with van der Waals surface area (Å²) in [7, 11) is 0. The summed E-state index contributed by atoms with van der Waals surface area (Å²) in [6, 6.07) is 17.0. The van der Waals surface area contributed by atoms with Gasteiger partial charge in [-0.05, 0) is 62.0 Å². The van der Waals surface area contributed by atoms with Crippen molar-refractivity contribution in [2.75, 3.05) is 19.6 Å². The number of halogens is 1. The maximum atomic E-state index is 6.29. The topological polar surface area (TPSA) is 3.24 Å². The highest BCUT2D eigenvalue weighted by atomic mass is 35.5. The Morgan fingerprint density at radius 1 is 0.957 bits per heavy atom. The zero-order valence-corrected chi connectivity index (χ0v) is 14.7. The van der Waals surface area contributed by atoms with E-state index < -0.39 is 0 Å². The second kappa shape index (κ2) is 7.99. The fourth-order valence-electron chi connectivity index (χ4n) is 3.41. The van der Waals surface area contributed by atoms with Gasteiger partial charge in [-0.1, -0.05) is 67.4 Å². The molecule has 1 atom stereocenters. The highest BCUT2D eigenvalue weighted by molar-refractivity contribution is 6.33. The first kappa shape index (κ1) is 16.5. The molecule has 23 heavy (non-hydrogen) atoms. The molecule has 2 aromatic rings. The summed E-state index contributed by atoms with van der Waals surface area (Å²) < 4.78 is 0. The SMILES string of the molecule is CC(CCN1CCCCC1)c1ccc(-c2ccccc2Cl)cc1. The highest BCUT2D eigenvalue weighted by Crippen LogP contribution is 2.29. The molecular formula is C21H26ClN. The van der Waals surface area contributed by atoms with E-state index in [0.717, 1.165) is 10.6 Å². The standard InChI is InChI=1S/C21H26ClN/c1-17(13-16-23-14-5-2-6-15-23)18-9-11-19(12-10-18)20-7-3-4-8-21(20)22/h3-4,7-12,17H,2,5-6,13-16H2,1H3. The van der Waals surface area contributed by atoms with Crippen molar-refractivity contribution in [1.29, 1.82) is 0 Å². The molecule has 2 aromatic carbocycles. The Labute approximate surface area is 145 Å². The first-order valence-electron chi connectivity index (χ1n) is 8.81. The summed E-state index contributed by atoms with van der Waals surface area (Å²) in [6.45, 7) is 6.15. The monoisotopic (exact) mass is 327 g/mol. The predicted molar refractivity (Wildman–Crippen MR) is 100 cm³/mol. The summed E-state index contributed by atoms with van der Waals surface area (Å²) in [6.07, 6.45) is 5.41. The van der Waals surface area contributed by atoms with Crippen LogP contribution in [0.2, 0.25) is 5.02 Å². The summed E-state index contributed by atoms with van der Waals surface area (Å²) in [5, 5.41) is 0.818. The third-order valence-corrected chi connectivity index (χ3v) is 5.32. The van der Waals surface area contributed by atoms with Crippen molar-refractivity contribution in [2.45, 2.75) is 38.5 Å². The van der Waals surface area contributed by atoms with E-state index in [1.165, 1.54) is 56.4 Å². The molecule has 122 valence electrons. The molecule has 0 aliphatic carbocycles. The van der Waals surface area contributed by atoms with Crippen molar-refractivity contribution in [3.8, 4) is 11.1 Å². The molecule has 0 amide bonds. The number of piperidine rings is 1. The normalized spacial score (nSPS) is 17.1. The van der Waals surface area contributed by atoms with Crippen LogP contribution >= 0.6 is 11.6 Å². The van der Waals surface area contributed by atoms with Crippen LogP contribution < -0.4 is 0 Å². The smallest absolute Gasteiger partial charge is 0.0484 e. The first-order valence-corrected chi connectivity index (χ1v) is 9.19. The van der Waals surface area contributed by atoms with Gasteiger partial charge in [0, 0.05) is 10.6 Å². The van der Waals surface area contributed by atoms with Crippen molar-refractivity contribution >= 4 is 11.6 Å². The van der Waals surface area contributed by atoms with Gasteiger partial charge in [0.1, 0.15) is 0 Å². The van der Waals surface area contributed by atoms with Gasteiger partial charge in [-0.3, -0.25) is 0 Å². The van der Waals surface area contributed by atoms with Crippen LogP contribution in [0.3, 0.4) is 0 Å². The van der Waals surface area contributed by atoms with Crippen LogP contribution in [0.4, 0.5) is 0 Å². The Morgan fingerprint density at radius 2 is 1.65 bits per heavy atom. The molecule has 0 radical (unpaired) electrons. The fraction of sp³-hybridized carbons (Fsp3) is 0.429. The van der Waals surface area contributed by atoms with Crippen LogP contribution in [-0.2, 0) is 0 Å². The van der Waals surface area contributed by atoms with Crippen LogP contribution in [0, 0.1) is 0 Å². The molecule has 3 rings (SSSR count). The molecule has 0 bridgehead atoms. The molecule has 1 aliphatic rings. The number of hydrogen-bond acceptors (Lipinski definition) is 1. The molecule has 1 fully saturated rings. The van der Waals surface area contributed by atoms with Crippen LogP contribution in [0.5, 0.6) is 0 Å². The predicted octanol–water partition coefficient (Wildman–Crippen LogP) is 5.99. The summed E-state index contributed by atoms with van der Waals surface area (Å²) in [4.78, 5) is 2.62. The van der Waals surface area contributed by atoms with Gasteiger partial charge in [0.25, 0.3) is 0 Å². The second-order valence-corrected chi connectivity index (χ2v) is 7.10. The number of nitrogens with zero attached hydrogens (tertiary/aromatic N) is 1. The van der Waals surface area contributed by atoms with Crippen LogP contribution in [0.1, 0.15) is 44.1 Å². The minimum absolute atomic E-state index is 0.609. The van der Waals surface area contributed by atoms with E-state index in [-0.39, 0.29) is 0 Å². The Balaban J connectivity index is 1.61. The van der Waals surface area contributed by atoms with Gasteiger partial charge < -0.3 is 4.90 Å². The van der Waals surface area contributed by atoms with E-state index in [1.807, 2.05) is 18.2 Å². The Kier molecular flexibility index (Phi) is 5.75. The lowest BCUT2D eigenvalue weighted by Gasteiger charge is -2.27. The van der Waals surface area contributed by atoms with E-state index in [4.69, 9.17) is 11.6 Å². The van der Waals surface area contributed by atoms with Gasteiger partial charge in [-0.25, -0.2) is 0 Å².